The Labute approximate surface area is 156 Å². The van der Waals surface area contributed by atoms with Gasteiger partial charge in [-0.2, -0.15) is 0 Å². The fraction of sp³-hybridized carbons (Fsp3) is 0.368. The van der Waals surface area contributed by atoms with E-state index in [0.29, 0.717) is 17.0 Å². The van der Waals surface area contributed by atoms with Gasteiger partial charge in [-0.25, -0.2) is 4.79 Å². The van der Waals surface area contributed by atoms with Gasteiger partial charge in [-0.1, -0.05) is 0 Å². The van der Waals surface area contributed by atoms with Crippen molar-refractivity contribution in [1.29, 1.82) is 0 Å². The smallest absolute Gasteiger partial charge is 0.333 e. The Hall–Kier alpha value is -3.16. The summed E-state index contributed by atoms with van der Waals surface area (Å²) >= 11 is 0. The number of aromatic hydroxyl groups is 1. The average molecular weight is 373 g/mol. The molecule has 144 valence electrons. The lowest BCUT2D eigenvalue weighted by atomic mass is 9.97. The highest BCUT2D eigenvalue weighted by Gasteiger charge is 2.23. The van der Waals surface area contributed by atoms with Crippen LogP contribution in [0.3, 0.4) is 0 Å². The largest absolute Gasteiger partial charge is 0.494 e. The number of rotatable bonds is 3. The number of benzene rings is 1. The zero-order valence-corrected chi connectivity index (χ0v) is 16.2. The summed E-state index contributed by atoms with van der Waals surface area (Å²) in [6, 6.07) is 4.90. The van der Waals surface area contributed by atoms with Crippen LogP contribution >= 0.6 is 0 Å². The van der Waals surface area contributed by atoms with E-state index < -0.39 is 22.5 Å². The number of aromatic nitrogens is 2. The summed E-state index contributed by atoms with van der Waals surface area (Å²) in [6.45, 7) is 7.07. The number of esters is 1. The minimum absolute atomic E-state index is 0.0952. The van der Waals surface area contributed by atoms with E-state index in [1.807, 2.05) is 0 Å². The van der Waals surface area contributed by atoms with E-state index in [2.05, 4.69) is 4.99 Å². The molecule has 0 atom stereocenters. The topological polar surface area (TPSA) is 103 Å². The van der Waals surface area contributed by atoms with E-state index in [-0.39, 0.29) is 11.5 Å². The van der Waals surface area contributed by atoms with Crippen LogP contribution in [0.25, 0.3) is 0 Å². The summed E-state index contributed by atoms with van der Waals surface area (Å²) in [6.07, 6.45) is 1.21. The molecule has 0 saturated carbocycles. The van der Waals surface area contributed by atoms with Crippen molar-refractivity contribution in [3.05, 3.63) is 50.2 Å². The lowest BCUT2D eigenvalue weighted by Gasteiger charge is -2.16. The Morgan fingerprint density at radius 3 is 2.37 bits per heavy atom. The summed E-state index contributed by atoms with van der Waals surface area (Å²) in [4.78, 5) is 40.1. The van der Waals surface area contributed by atoms with Gasteiger partial charge in [0.15, 0.2) is 0 Å². The molecule has 0 aliphatic heterocycles. The summed E-state index contributed by atoms with van der Waals surface area (Å²) in [5.41, 5.74) is -0.746. The second kappa shape index (κ2) is 7.22. The van der Waals surface area contributed by atoms with Crippen molar-refractivity contribution in [2.45, 2.75) is 27.7 Å². The minimum Gasteiger partial charge on any atom is -0.494 e. The molecule has 1 N–H and O–H groups in total. The molecule has 0 fully saturated rings. The molecule has 0 amide bonds. The predicted octanol–water partition coefficient (Wildman–Crippen LogP) is 1.80. The first-order valence-corrected chi connectivity index (χ1v) is 8.29. The normalized spacial score (nSPS) is 11.8. The van der Waals surface area contributed by atoms with E-state index in [1.54, 1.807) is 45.9 Å². The number of hydrogen-bond donors (Lipinski definition) is 1. The Balaban J connectivity index is 2.36. The standard InChI is InChI=1S/C19H23N3O5/c1-11-9-12(27-17(25)19(2,3)4)7-8-14(11)20-10-13-15(23)21(5)18(26)22(6)16(13)24/h7-10,23H,1-6H3. The summed E-state index contributed by atoms with van der Waals surface area (Å²) < 4.78 is 7.19. The fourth-order valence-electron chi connectivity index (χ4n) is 2.20. The molecule has 0 unspecified atom stereocenters. The molecular weight excluding hydrogens is 350 g/mol. The molecule has 8 heteroatoms. The first-order chi connectivity index (χ1) is 12.4. The van der Waals surface area contributed by atoms with Crippen molar-refractivity contribution < 1.29 is 14.6 Å². The summed E-state index contributed by atoms with van der Waals surface area (Å²) in [5.74, 6) is -0.413. The molecule has 1 aromatic carbocycles. The Morgan fingerprint density at radius 2 is 1.81 bits per heavy atom. The minimum atomic E-state index is -0.646. The van der Waals surface area contributed by atoms with E-state index >= 15 is 0 Å². The quantitative estimate of drug-likeness (QED) is 0.502. The number of ether oxygens (including phenoxy) is 1. The number of hydrogen-bond acceptors (Lipinski definition) is 6. The van der Waals surface area contributed by atoms with Gasteiger partial charge < -0.3 is 9.84 Å². The number of carbonyl (C=O) groups is 1. The summed E-state index contributed by atoms with van der Waals surface area (Å²) in [5, 5.41) is 10.1. The van der Waals surface area contributed by atoms with Crippen LogP contribution in [-0.2, 0) is 18.9 Å². The molecule has 0 bridgehead atoms. The van der Waals surface area contributed by atoms with Gasteiger partial charge in [-0.15, -0.1) is 0 Å². The number of nitrogens with zero attached hydrogens (tertiary/aromatic N) is 3. The lowest BCUT2D eigenvalue weighted by Crippen LogP contribution is -2.38. The van der Waals surface area contributed by atoms with Gasteiger partial charge in [0.1, 0.15) is 11.3 Å². The van der Waals surface area contributed by atoms with Gasteiger partial charge in [0.2, 0.25) is 5.88 Å². The molecule has 8 nitrogen and oxygen atoms in total. The van der Waals surface area contributed by atoms with Gasteiger partial charge >= 0.3 is 11.7 Å². The molecule has 1 heterocycles. The number of aliphatic imine (C=N–C) groups is 1. The Kier molecular flexibility index (Phi) is 5.39. The van der Waals surface area contributed by atoms with Crippen LogP contribution in [0.2, 0.25) is 0 Å². The molecule has 0 spiro atoms. The van der Waals surface area contributed by atoms with Crippen LogP contribution < -0.4 is 16.0 Å². The van der Waals surface area contributed by atoms with Crippen LogP contribution in [0, 0.1) is 12.3 Å². The average Bonchev–Trinajstić information content (AvgIpc) is 2.59. The van der Waals surface area contributed by atoms with Crippen LogP contribution in [0.1, 0.15) is 31.9 Å². The molecule has 0 radical (unpaired) electrons. The molecule has 27 heavy (non-hydrogen) atoms. The monoisotopic (exact) mass is 373 g/mol. The van der Waals surface area contributed by atoms with Crippen LogP contribution in [0.15, 0.2) is 32.8 Å². The zero-order chi connectivity index (χ0) is 20.5. The zero-order valence-electron chi connectivity index (χ0n) is 16.2. The first kappa shape index (κ1) is 20.2. The van der Waals surface area contributed by atoms with Gasteiger partial charge in [-0.05, 0) is 51.5 Å². The molecule has 2 rings (SSSR count). The Bertz CT molecular complexity index is 1040. The molecule has 0 saturated heterocycles. The van der Waals surface area contributed by atoms with E-state index in [1.165, 1.54) is 20.3 Å². The second-order valence-corrected chi connectivity index (χ2v) is 7.29. The van der Waals surface area contributed by atoms with Gasteiger partial charge in [0, 0.05) is 20.3 Å². The maximum absolute atomic E-state index is 12.2. The van der Waals surface area contributed by atoms with Gasteiger partial charge in [-0.3, -0.25) is 23.7 Å². The molecule has 1 aromatic heterocycles. The maximum Gasteiger partial charge on any atom is 0.333 e. The van der Waals surface area contributed by atoms with Crippen molar-refractivity contribution in [1.82, 2.24) is 9.13 Å². The fourth-order valence-corrected chi connectivity index (χ4v) is 2.20. The van der Waals surface area contributed by atoms with Crippen molar-refractivity contribution >= 4 is 17.9 Å². The van der Waals surface area contributed by atoms with Crippen molar-refractivity contribution in [3.63, 3.8) is 0 Å². The predicted molar refractivity (Wildman–Crippen MR) is 102 cm³/mol. The van der Waals surface area contributed by atoms with Crippen LogP contribution in [-0.4, -0.2) is 26.4 Å². The highest BCUT2D eigenvalue weighted by Crippen LogP contribution is 2.26. The third-order valence-corrected chi connectivity index (χ3v) is 3.99. The van der Waals surface area contributed by atoms with E-state index in [4.69, 9.17) is 4.74 Å². The summed E-state index contributed by atoms with van der Waals surface area (Å²) in [7, 11) is 2.68. The first-order valence-electron chi connectivity index (χ1n) is 8.29. The third-order valence-electron chi connectivity index (χ3n) is 3.99. The van der Waals surface area contributed by atoms with Crippen molar-refractivity contribution in [2.75, 3.05) is 0 Å². The number of aryl methyl sites for hydroxylation is 1. The van der Waals surface area contributed by atoms with Gasteiger partial charge in [0.25, 0.3) is 5.56 Å². The number of carbonyl (C=O) groups excluding carboxylic acids is 1. The van der Waals surface area contributed by atoms with Crippen LogP contribution in [0.4, 0.5) is 5.69 Å². The molecular formula is C19H23N3O5. The SMILES string of the molecule is Cc1cc(OC(=O)C(C)(C)C)ccc1N=Cc1c(O)n(C)c(=O)n(C)c1=O. The van der Waals surface area contributed by atoms with Crippen molar-refractivity contribution in [3.8, 4) is 11.6 Å². The van der Waals surface area contributed by atoms with Crippen molar-refractivity contribution in [2.24, 2.45) is 24.5 Å². The molecule has 0 aliphatic carbocycles. The highest BCUT2D eigenvalue weighted by atomic mass is 16.5. The van der Waals surface area contributed by atoms with Gasteiger partial charge in [0.05, 0.1) is 11.1 Å². The molecule has 2 aromatic rings. The second-order valence-electron chi connectivity index (χ2n) is 7.29. The molecule has 0 aliphatic rings. The highest BCUT2D eigenvalue weighted by molar-refractivity contribution is 5.84. The Morgan fingerprint density at radius 1 is 1.19 bits per heavy atom. The lowest BCUT2D eigenvalue weighted by molar-refractivity contribution is -0.142. The third kappa shape index (κ3) is 4.16. The maximum atomic E-state index is 12.2. The van der Waals surface area contributed by atoms with Crippen LogP contribution in [0.5, 0.6) is 11.6 Å². The van der Waals surface area contributed by atoms with E-state index in [0.717, 1.165) is 9.13 Å². The van der Waals surface area contributed by atoms with E-state index in [9.17, 15) is 19.5 Å².